The van der Waals surface area contributed by atoms with Gasteiger partial charge < -0.3 is 49.2 Å². The Labute approximate surface area is 425 Å². The average molecular weight is 996 g/mol. The van der Waals surface area contributed by atoms with E-state index >= 15 is 0 Å². The van der Waals surface area contributed by atoms with Crippen molar-refractivity contribution in [3.05, 3.63) is 92.1 Å². The number of piperidine rings is 1. The molecule has 7 rings (SSSR count). The highest BCUT2D eigenvalue weighted by molar-refractivity contribution is 6.01. The number of benzene rings is 2. The van der Waals surface area contributed by atoms with Crippen LogP contribution < -0.4 is 14.2 Å². The van der Waals surface area contributed by atoms with E-state index in [0.29, 0.717) is 104 Å². The van der Waals surface area contributed by atoms with Crippen LogP contribution in [0, 0.1) is 0 Å². The van der Waals surface area contributed by atoms with E-state index in [2.05, 4.69) is 65.8 Å². The molecule has 3 amide bonds. The predicted octanol–water partition coefficient (Wildman–Crippen LogP) is 9.29. The van der Waals surface area contributed by atoms with Crippen LogP contribution >= 0.6 is 0 Å². The zero-order chi connectivity index (χ0) is 52.1. The van der Waals surface area contributed by atoms with Crippen molar-refractivity contribution in [1.29, 1.82) is 0 Å². The molecule has 1 saturated heterocycles. The maximum atomic E-state index is 14.3. The summed E-state index contributed by atoms with van der Waals surface area (Å²) in [6.07, 6.45) is 12.5. The molecule has 392 valence electrons. The van der Waals surface area contributed by atoms with Crippen molar-refractivity contribution in [2.45, 2.75) is 194 Å². The Balaban J connectivity index is 1.06. The van der Waals surface area contributed by atoms with Crippen LogP contribution in [0.15, 0.2) is 58.7 Å². The van der Waals surface area contributed by atoms with Gasteiger partial charge in [-0.05, 0) is 138 Å². The summed E-state index contributed by atoms with van der Waals surface area (Å²) >= 11 is 0. The van der Waals surface area contributed by atoms with Crippen LogP contribution in [0.4, 0.5) is 4.79 Å². The van der Waals surface area contributed by atoms with Crippen molar-refractivity contribution in [3.63, 3.8) is 0 Å². The van der Waals surface area contributed by atoms with E-state index in [4.69, 9.17) is 18.9 Å². The normalized spacial score (nSPS) is 23.3. The number of aromatic hydroxyl groups is 1. The molecule has 5 aliphatic rings. The summed E-state index contributed by atoms with van der Waals surface area (Å²) in [4.78, 5) is 58.6. The lowest BCUT2D eigenvalue weighted by Gasteiger charge is -2.41. The number of hydrogen-bond acceptors (Lipinski definition) is 12. The van der Waals surface area contributed by atoms with E-state index in [1.807, 2.05) is 13.8 Å². The Morgan fingerprint density at radius 2 is 1.29 bits per heavy atom. The van der Waals surface area contributed by atoms with Crippen LogP contribution in [0.25, 0.3) is 0 Å². The molecule has 0 saturated carbocycles. The van der Waals surface area contributed by atoms with E-state index in [-0.39, 0.29) is 61.9 Å². The largest absolute Gasteiger partial charge is 0.508 e. The fraction of sp³-hybridized carbons (Fsp3) is 0.579. The van der Waals surface area contributed by atoms with E-state index in [9.17, 15) is 39.6 Å². The van der Waals surface area contributed by atoms with Gasteiger partial charge in [0.15, 0.2) is 6.23 Å². The first-order valence-corrected chi connectivity index (χ1v) is 25.9. The minimum absolute atomic E-state index is 0.0395. The SMILES string of the molecule is CC(C)=CCC/C(C)=C/CC[C@@]1(C)Oc2c(c(O)cc3c2CN([C@@H](CCCN2Cc4c(cc(OC(=O)N5CCC(O)CC5)c5c4O[C@](C)(CC/C=C(\C)CCC=C(C)C)[C@@H](O)C5)C2=O)OC=O)C3=O)C[C@@H]1O. The highest BCUT2D eigenvalue weighted by Crippen LogP contribution is 2.49. The van der Waals surface area contributed by atoms with Crippen molar-refractivity contribution < 1.29 is 58.6 Å². The van der Waals surface area contributed by atoms with E-state index < -0.39 is 47.7 Å². The van der Waals surface area contributed by atoms with Crippen molar-refractivity contribution in [1.82, 2.24) is 14.7 Å². The maximum absolute atomic E-state index is 14.3. The first-order chi connectivity index (χ1) is 34.2. The van der Waals surface area contributed by atoms with Crippen molar-refractivity contribution in [3.8, 4) is 23.0 Å². The van der Waals surface area contributed by atoms with Gasteiger partial charge in [-0.1, -0.05) is 46.6 Å². The van der Waals surface area contributed by atoms with Gasteiger partial charge in [-0.25, -0.2) is 4.79 Å². The first kappa shape index (κ1) is 54.1. The van der Waals surface area contributed by atoms with Crippen LogP contribution in [-0.2, 0) is 35.5 Å². The zero-order valence-electron chi connectivity index (χ0n) is 43.7. The van der Waals surface area contributed by atoms with Crippen LogP contribution in [-0.4, -0.2) is 115 Å². The molecular formula is C57H77N3O12. The van der Waals surface area contributed by atoms with Crippen LogP contribution in [0.5, 0.6) is 23.0 Å². The molecule has 0 spiro atoms. The molecule has 0 bridgehead atoms. The summed E-state index contributed by atoms with van der Waals surface area (Å²) in [6.45, 7) is 17.6. The summed E-state index contributed by atoms with van der Waals surface area (Å²) in [6, 6.07) is 2.96. The van der Waals surface area contributed by atoms with Gasteiger partial charge in [-0.15, -0.1) is 0 Å². The van der Waals surface area contributed by atoms with Gasteiger partial charge in [0.05, 0.1) is 42.5 Å². The maximum Gasteiger partial charge on any atom is 0.415 e. The van der Waals surface area contributed by atoms with Gasteiger partial charge >= 0.3 is 6.09 Å². The molecule has 2 aromatic carbocycles. The number of phenolic OH excluding ortho intramolecular Hbond substituents is 1. The Bertz CT molecular complexity index is 2500. The Morgan fingerprint density at radius 3 is 1.86 bits per heavy atom. The molecular weight excluding hydrogens is 919 g/mol. The molecule has 0 unspecified atom stereocenters. The van der Waals surface area contributed by atoms with Gasteiger partial charge in [-0.2, -0.15) is 0 Å². The molecule has 72 heavy (non-hydrogen) atoms. The van der Waals surface area contributed by atoms with Crippen molar-refractivity contribution >= 4 is 24.4 Å². The number of aliphatic hydroxyl groups excluding tert-OH is 3. The number of aliphatic hydroxyl groups is 3. The van der Waals surface area contributed by atoms with Gasteiger partial charge in [-0.3, -0.25) is 19.3 Å². The standard InChI is InChI=1S/C57H77N3O12/c1-35(2)14-9-16-37(5)18-11-23-56(7)48(64)30-42-46(63)28-40-45(51(42)71-56)33-60(54(40)67)50(69-34-61)20-13-25-59-32-44-41(53(59)66)29-47(70-55(68)58-26-21-39(62)22-27-58)43-31-49(65)57(8,72-52(43)44)24-12-19-38(6)17-10-15-36(3)4/h14-15,18-19,28-29,34,39,48-50,62-65H,9-13,16-17,20-27,30-33H2,1-8H3/b37-18+,38-19+/t48-,49-,50+,56+,57+/m0/s1. The third-order valence-corrected chi connectivity index (χ3v) is 15.3. The number of carbonyl (C=O) groups excluding carboxylic acids is 4. The number of carbonyl (C=O) groups is 4. The third kappa shape index (κ3) is 12.2. The highest BCUT2D eigenvalue weighted by Gasteiger charge is 2.47. The highest BCUT2D eigenvalue weighted by atomic mass is 16.6. The van der Waals surface area contributed by atoms with E-state index in [1.165, 1.54) is 38.2 Å². The minimum atomic E-state index is -1.01. The lowest BCUT2D eigenvalue weighted by Crippen LogP contribution is -2.49. The number of allylic oxidation sites excluding steroid dienone is 8. The van der Waals surface area contributed by atoms with Crippen molar-refractivity contribution in [2.24, 2.45) is 0 Å². The van der Waals surface area contributed by atoms with Gasteiger partial charge in [0.1, 0.15) is 34.2 Å². The second-order valence-corrected chi connectivity index (χ2v) is 21.6. The van der Waals surface area contributed by atoms with E-state index in [1.54, 1.807) is 11.0 Å². The molecule has 0 aliphatic carbocycles. The lowest BCUT2D eigenvalue weighted by atomic mass is 9.84. The smallest absolute Gasteiger partial charge is 0.415 e. The number of nitrogens with zero attached hydrogens (tertiary/aromatic N) is 3. The number of hydrogen-bond donors (Lipinski definition) is 4. The predicted molar refractivity (Wildman–Crippen MR) is 273 cm³/mol. The summed E-state index contributed by atoms with van der Waals surface area (Å²) in [7, 11) is 0. The number of likely N-dealkylation sites (tertiary alicyclic amines) is 1. The van der Waals surface area contributed by atoms with Gasteiger partial charge in [0.2, 0.25) is 0 Å². The molecule has 15 nitrogen and oxygen atoms in total. The molecule has 0 aromatic heterocycles. The van der Waals surface area contributed by atoms with E-state index in [0.717, 1.165) is 25.7 Å². The molecule has 4 N–H and O–H groups in total. The second-order valence-electron chi connectivity index (χ2n) is 21.6. The van der Waals surface area contributed by atoms with Crippen LogP contribution in [0.2, 0.25) is 0 Å². The van der Waals surface area contributed by atoms with Crippen molar-refractivity contribution in [2.75, 3.05) is 19.6 Å². The fourth-order valence-corrected chi connectivity index (χ4v) is 10.6. The summed E-state index contributed by atoms with van der Waals surface area (Å²) in [5.41, 5.74) is 5.68. The number of amides is 3. The number of rotatable bonds is 20. The molecule has 2 aromatic rings. The quantitative estimate of drug-likeness (QED) is 0.0726. The summed E-state index contributed by atoms with van der Waals surface area (Å²) < 4.78 is 25.0. The average Bonchev–Trinajstić information content (AvgIpc) is 3.81. The Hall–Kier alpha value is -5.64. The number of phenols is 1. The fourth-order valence-electron chi connectivity index (χ4n) is 10.6. The number of ether oxygens (including phenoxy) is 4. The van der Waals surface area contributed by atoms with Crippen LogP contribution in [0.3, 0.4) is 0 Å². The molecule has 15 heteroatoms. The third-order valence-electron chi connectivity index (χ3n) is 15.3. The summed E-state index contributed by atoms with van der Waals surface area (Å²) in [5.74, 6) is 0.00397. The van der Waals surface area contributed by atoms with Gasteiger partial charge in [0, 0.05) is 61.2 Å². The minimum Gasteiger partial charge on any atom is -0.508 e. The Morgan fingerprint density at radius 1 is 0.750 bits per heavy atom. The molecule has 5 aliphatic heterocycles. The molecule has 0 radical (unpaired) electrons. The second kappa shape index (κ2) is 23.1. The number of fused-ring (bicyclic) bond motifs is 6. The lowest BCUT2D eigenvalue weighted by molar-refractivity contribution is -0.141. The molecule has 5 atom stereocenters. The first-order valence-electron chi connectivity index (χ1n) is 25.9. The monoisotopic (exact) mass is 996 g/mol. The molecule has 1 fully saturated rings. The molecule has 5 heterocycles. The zero-order valence-corrected chi connectivity index (χ0v) is 43.7. The Kier molecular flexibility index (Phi) is 17.3. The summed E-state index contributed by atoms with van der Waals surface area (Å²) in [5, 5.41) is 44.3. The topological polar surface area (TPSA) is 196 Å². The van der Waals surface area contributed by atoms with Crippen LogP contribution in [0.1, 0.15) is 175 Å². The van der Waals surface area contributed by atoms with Gasteiger partial charge in [0.25, 0.3) is 18.3 Å².